The summed E-state index contributed by atoms with van der Waals surface area (Å²) in [6, 6.07) is 0. The molecule has 0 heterocycles. The van der Waals surface area contributed by atoms with Gasteiger partial charge in [-0.25, -0.2) is 0 Å². The first-order valence-electron chi connectivity index (χ1n) is 6.22. The molecule has 0 atom stereocenters. The van der Waals surface area contributed by atoms with Gasteiger partial charge in [-0.2, -0.15) is 0 Å². The van der Waals surface area contributed by atoms with Gasteiger partial charge < -0.3 is 0 Å². The van der Waals surface area contributed by atoms with E-state index in [4.69, 9.17) is 0 Å². The third kappa shape index (κ3) is 14.7. The zero-order chi connectivity index (χ0) is 11.4. The summed E-state index contributed by atoms with van der Waals surface area (Å²) in [4.78, 5) is 0. The summed E-state index contributed by atoms with van der Waals surface area (Å²) < 4.78 is 0.346. The van der Waals surface area contributed by atoms with Gasteiger partial charge in [-0.05, 0) is 12.8 Å². The van der Waals surface area contributed by atoms with Crippen molar-refractivity contribution in [2.45, 2.75) is 68.4 Å². The zero-order valence-corrected chi connectivity index (χ0v) is 13.0. The summed E-state index contributed by atoms with van der Waals surface area (Å²) in [6.07, 6.45) is 16.9. The Balaban J connectivity index is 2.99. The first-order chi connectivity index (χ1) is 7.27. The molecule has 0 N–H and O–H groups in total. The maximum atomic E-state index is 3.42. The predicted molar refractivity (Wildman–Crippen MR) is 78.0 cm³/mol. The van der Waals surface area contributed by atoms with Gasteiger partial charge in [0, 0.05) is 0 Å². The fraction of sp³-hybridized carbons (Fsp3) is 0.846. The SMILES string of the molecule is CCCCCCCCCCC=CC(Br)Br. The number of hydrogen-bond donors (Lipinski definition) is 0. The quantitative estimate of drug-likeness (QED) is 0.253. The molecule has 0 nitrogen and oxygen atoms in total. The van der Waals surface area contributed by atoms with E-state index >= 15 is 0 Å². The molecule has 0 aromatic heterocycles. The first kappa shape index (κ1) is 15.7. The van der Waals surface area contributed by atoms with E-state index in [1.807, 2.05) is 0 Å². The minimum Gasteiger partial charge on any atom is -0.0866 e. The summed E-state index contributed by atoms with van der Waals surface area (Å²) in [5, 5.41) is 0. The zero-order valence-electron chi connectivity index (χ0n) is 9.85. The highest BCUT2D eigenvalue weighted by molar-refractivity contribution is 9.24. The molecule has 0 unspecified atom stereocenters. The van der Waals surface area contributed by atoms with Crippen LogP contribution in [-0.2, 0) is 0 Å². The van der Waals surface area contributed by atoms with E-state index in [9.17, 15) is 0 Å². The lowest BCUT2D eigenvalue weighted by atomic mass is 10.1. The van der Waals surface area contributed by atoms with Crippen LogP contribution in [0.1, 0.15) is 64.7 Å². The Morgan fingerprint density at radius 3 is 1.93 bits per heavy atom. The fourth-order valence-electron chi connectivity index (χ4n) is 1.60. The highest BCUT2D eigenvalue weighted by Crippen LogP contribution is 2.12. The molecule has 0 saturated heterocycles. The largest absolute Gasteiger partial charge is 0.0877 e. The van der Waals surface area contributed by atoms with Gasteiger partial charge in [0.1, 0.15) is 0 Å². The van der Waals surface area contributed by atoms with Crippen LogP contribution in [0.15, 0.2) is 12.2 Å². The summed E-state index contributed by atoms with van der Waals surface area (Å²) >= 11 is 6.84. The second kappa shape index (κ2) is 12.8. The van der Waals surface area contributed by atoms with Crippen LogP contribution in [0.2, 0.25) is 0 Å². The van der Waals surface area contributed by atoms with Crippen molar-refractivity contribution in [3.63, 3.8) is 0 Å². The topological polar surface area (TPSA) is 0 Å². The van der Waals surface area contributed by atoms with Crippen LogP contribution in [0, 0.1) is 0 Å². The van der Waals surface area contributed by atoms with Gasteiger partial charge in [-0.3, -0.25) is 0 Å². The molecule has 0 fully saturated rings. The van der Waals surface area contributed by atoms with E-state index in [0.717, 1.165) is 0 Å². The van der Waals surface area contributed by atoms with Crippen LogP contribution in [0.3, 0.4) is 0 Å². The molecule has 15 heavy (non-hydrogen) atoms. The Morgan fingerprint density at radius 1 is 0.867 bits per heavy atom. The van der Waals surface area contributed by atoms with E-state index in [1.54, 1.807) is 0 Å². The molecule has 0 bridgehead atoms. The molecular weight excluding hydrogens is 316 g/mol. The molecule has 90 valence electrons. The van der Waals surface area contributed by atoms with Crippen molar-refractivity contribution in [2.75, 3.05) is 0 Å². The van der Waals surface area contributed by atoms with E-state index in [2.05, 4.69) is 50.9 Å². The van der Waals surface area contributed by atoms with Gasteiger partial charge >= 0.3 is 0 Å². The van der Waals surface area contributed by atoms with Gasteiger partial charge in [-0.1, -0.05) is 95.9 Å². The minimum atomic E-state index is 0.346. The van der Waals surface area contributed by atoms with Crippen molar-refractivity contribution in [2.24, 2.45) is 0 Å². The average molecular weight is 340 g/mol. The van der Waals surface area contributed by atoms with Crippen molar-refractivity contribution < 1.29 is 0 Å². The second-order valence-corrected chi connectivity index (χ2v) is 7.23. The molecule has 0 spiro atoms. The van der Waals surface area contributed by atoms with Gasteiger partial charge in [0.15, 0.2) is 0 Å². The summed E-state index contributed by atoms with van der Waals surface area (Å²) in [6.45, 7) is 2.27. The smallest absolute Gasteiger partial charge is 0.0866 e. The van der Waals surface area contributed by atoms with Crippen molar-refractivity contribution in [3.05, 3.63) is 12.2 Å². The third-order valence-electron chi connectivity index (χ3n) is 2.51. The number of unbranched alkanes of at least 4 members (excludes halogenated alkanes) is 8. The number of alkyl halides is 2. The number of hydrogen-bond acceptors (Lipinski definition) is 0. The van der Waals surface area contributed by atoms with Crippen molar-refractivity contribution in [3.8, 4) is 0 Å². The molecule has 0 aromatic carbocycles. The van der Waals surface area contributed by atoms with E-state index in [1.165, 1.54) is 57.8 Å². The monoisotopic (exact) mass is 338 g/mol. The molecule has 0 saturated carbocycles. The van der Waals surface area contributed by atoms with Gasteiger partial charge in [0.25, 0.3) is 0 Å². The fourth-order valence-corrected chi connectivity index (χ4v) is 2.03. The van der Waals surface area contributed by atoms with Gasteiger partial charge in [-0.15, -0.1) is 0 Å². The Bertz CT molecular complexity index is 141. The highest BCUT2D eigenvalue weighted by Gasteiger charge is 1.91. The standard InChI is InChI=1S/C13H24Br2/c1-2-3-4-5-6-7-8-9-10-11-12-13(14)15/h11-13H,2-10H2,1H3. The molecule has 0 rings (SSSR count). The average Bonchev–Trinajstić information content (AvgIpc) is 2.20. The molecule has 0 aliphatic heterocycles. The molecular formula is C13H24Br2. The minimum absolute atomic E-state index is 0.346. The lowest BCUT2D eigenvalue weighted by Gasteiger charge is -1.99. The molecule has 0 amide bonds. The predicted octanol–water partition coefficient (Wildman–Crippen LogP) is 6.19. The molecule has 0 aliphatic carbocycles. The number of allylic oxidation sites excluding steroid dienone is 2. The molecule has 2 heteroatoms. The Labute approximate surface area is 112 Å². The summed E-state index contributed by atoms with van der Waals surface area (Å²) in [5.74, 6) is 0. The van der Waals surface area contributed by atoms with Crippen LogP contribution in [0.25, 0.3) is 0 Å². The van der Waals surface area contributed by atoms with Crippen molar-refractivity contribution in [1.82, 2.24) is 0 Å². The Kier molecular flexibility index (Phi) is 13.4. The highest BCUT2D eigenvalue weighted by atomic mass is 79.9. The van der Waals surface area contributed by atoms with Crippen LogP contribution in [0.4, 0.5) is 0 Å². The van der Waals surface area contributed by atoms with Gasteiger partial charge in [0.2, 0.25) is 0 Å². The Morgan fingerprint density at radius 2 is 1.40 bits per heavy atom. The van der Waals surface area contributed by atoms with Crippen LogP contribution in [-0.4, -0.2) is 3.74 Å². The molecule has 0 radical (unpaired) electrons. The Hall–Kier alpha value is 0.700. The lowest BCUT2D eigenvalue weighted by molar-refractivity contribution is 0.577. The molecule has 0 aliphatic rings. The lowest BCUT2D eigenvalue weighted by Crippen LogP contribution is -1.80. The summed E-state index contributed by atoms with van der Waals surface area (Å²) in [7, 11) is 0. The van der Waals surface area contributed by atoms with E-state index < -0.39 is 0 Å². The number of rotatable bonds is 10. The van der Waals surface area contributed by atoms with Crippen LogP contribution >= 0.6 is 31.9 Å². The van der Waals surface area contributed by atoms with Crippen molar-refractivity contribution in [1.29, 1.82) is 0 Å². The normalized spacial score (nSPS) is 11.7. The van der Waals surface area contributed by atoms with Crippen molar-refractivity contribution >= 4 is 31.9 Å². The summed E-state index contributed by atoms with van der Waals surface area (Å²) in [5.41, 5.74) is 0. The number of halogens is 2. The van der Waals surface area contributed by atoms with E-state index in [-0.39, 0.29) is 0 Å². The second-order valence-electron chi connectivity index (χ2n) is 4.03. The first-order valence-corrected chi connectivity index (χ1v) is 8.05. The van der Waals surface area contributed by atoms with Crippen LogP contribution < -0.4 is 0 Å². The van der Waals surface area contributed by atoms with E-state index in [0.29, 0.717) is 3.74 Å². The maximum absolute atomic E-state index is 3.42. The maximum Gasteiger partial charge on any atom is 0.0877 e. The van der Waals surface area contributed by atoms with Crippen LogP contribution in [0.5, 0.6) is 0 Å². The van der Waals surface area contributed by atoms with Gasteiger partial charge in [0.05, 0.1) is 3.74 Å². The molecule has 0 aromatic rings. The third-order valence-corrected chi connectivity index (χ3v) is 3.12.